The molecule has 0 amide bonds. The van der Waals surface area contributed by atoms with Crippen LogP contribution in [-0.2, 0) is 4.74 Å². The van der Waals surface area contributed by atoms with Crippen LogP contribution in [0.1, 0.15) is 33.1 Å². The average molecular weight is 214 g/mol. The van der Waals surface area contributed by atoms with Crippen LogP contribution < -0.4 is 5.32 Å². The smallest absolute Gasteiger partial charge is 0.0591 e. The van der Waals surface area contributed by atoms with Gasteiger partial charge in [-0.25, -0.2) is 0 Å². The zero-order chi connectivity index (χ0) is 10.9. The Morgan fingerprint density at radius 2 is 2.00 bits per heavy atom. The first-order valence-electron chi connectivity index (χ1n) is 6.36. The van der Waals surface area contributed by atoms with Gasteiger partial charge in [0.1, 0.15) is 0 Å². The van der Waals surface area contributed by atoms with E-state index < -0.39 is 0 Å². The van der Waals surface area contributed by atoms with Gasteiger partial charge < -0.3 is 15.0 Å². The Morgan fingerprint density at radius 3 is 2.67 bits per heavy atom. The van der Waals surface area contributed by atoms with Gasteiger partial charge in [0.25, 0.3) is 0 Å². The van der Waals surface area contributed by atoms with Crippen molar-refractivity contribution in [3.8, 4) is 0 Å². The summed E-state index contributed by atoms with van der Waals surface area (Å²) in [4.78, 5) is 2.55. The molecule has 0 aromatic carbocycles. The summed E-state index contributed by atoms with van der Waals surface area (Å²) < 4.78 is 5.43. The van der Waals surface area contributed by atoms with Crippen LogP contribution in [0.5, 0.6) is 0 Å². The summed E-state index contributed by atoms with van der Waals surface area (Å²) in [6, 6.07) is 0.591. The van der Waals surface area contributed by atoms with Crippen LogP contribution in [0.25, 0.3) is 0 Å². The summed E-state index contributed by atoms with van der Waals surface area (Å²) in [5.74, 6) is 0. The lowest BCUT2D eigenvalue weighted by Gasteiger charge is -2.21. The predicted octanol–water partition coefficient (Wildman–Crippen LogP) is 1.49. The number of nitrogens with zero attached hydrogens (tertiary/aromatic N) is 1. The third kappa shape index (κ3) is 6.13. The fraction of sp³-hybridized carbons (Fsp3) is 1.00. The monoisotopic (exact) mass is 214 g/mol. The Bertz CT molecular complexity index is 147. The van der Waals surface area contributed by atoms with Crippen LogP contribution in [0.4, 0.5) is 0 Å². The van der Waals surface area contributed by atoms with Gasteiger partial charge in [-0.2, -0.15) is 0 Å². The molecule has 1 aliphatic rings. The van der Waals surface area contributed by atoms with Crippen molar-refractivity contribution in [1.29, 1.82) is 0 Å². The van der Waals surface area contributed by atoms with Gasteiger partial charge in [0.05, 0.1) is 6.61 Å². The normalized spacial score (nSPS) is 19.6. The Balaban J connectivity index is 1.91. The highest BCUT2D eigenvalue weighted by atomic mass is 16.5. The van der Waals surface area contributed by atoms with Crippen molar-refractivity contribution in [3.05, 3.63) is 0 Å². The molecule has 3 heteroatoms. The van der Waals surface area contributed by atoms with E-state index in [1.165, 1.54) is 32.5 Å². The van der Waals surface area contributed by atoms with Gasteiger partial charge >= 0.3 is 0 Å². The van der Waals surface area contributed by atoms with Gasteiger partial charge in [-0.05, 0) is 39.3 Å². The average Bonchev–Trinajstić information content (AvgIpc) is 2.70. The van der Waals surface area contributed by atoms with Crippen LogP contribution in [0.15, 0.2) is 0 Å². The number of likely N-dealkylation sites (tertiary alicyclic amines) is 1. The van der Waals surface area contributed by atoms with E-state index in [1.807, 2.05) is 0 Å². The second-order valence-electron chi connectivity index (χ2n) is 4.48. The number of rotatable bonds is 8. The second-order valence-corrected chi connectivity index (χ2v) is 4.48. The molecule has 0 aromatic heterocycles. The molecule has 0 spiro atoms. The molecule has 0 aromatic rings. The van der Waals surface area contributed by atoms with Crippen molar-refractivity contribution >= 4 is 0 Å². The zero-order valence-electron chi connectivity index (χ0n) is 10.3. The van der Waals surface area contributed by atoms with Crippen molar-refractivity contribution in [3.63, 3.8) is 0 Å². The predicted molar refractivity (Wildman–Crippen MR) is 64.2 cm³/mol. The van der Waals surface area contributed by atoms with Gasteiger partial charge in [-0.15, -0.1) is 0 Å². The quantitative estimate of drug-likeness (QED) is 0.620. The maximum Gasteiger partial charge on any atom is 0.0591 e. The topological polar surface area (TPSA) is 24.5 Å². The maximum absolute atomic E-state index is 5.43. The summed E-state index contributed by atoms with van der Waals surface area (Å²) in [5, 5.41) is 3.50. The molecule has 1 aliphatic heterocycles. The molecular formula is C12H26N2O. The first kappa shape index (κ1) is 12.9. The van der Waals surface area contributed by atoms with E-state index in [2.05, 4.69) is 24.1 Å². The SMILES string of the molecule is CCCOCCNC(C)CN1CCCC1. The van der Waals surface area contributed by atoms with Gasteiger partial charge in [0.2, 0.25) is 0 Å². The summed E-state index contributed by atoms with van der Waals surface area (Å²) >= 11 is 0. The lowest BCUT2D eigenvalue weighted by atomic mass is 10.3. The number of hydrogen-bond acceptors (Lipinski definition) is 3. The van der Waals surface area contributed by atoms with Crippen molar-refractivity contribution < 1.29 is 4.74 Å². The minimum Gasteiger partial charge on any atom is -0.380 e. The summed E-state index contributed by atoms with van der Waals surface area (Å²) in [5.41, 5.74) is 0. The Kier molecular flexibility index (Phi) is 6.98. The van der Waals surface area contributed by atoms with Crippen LogP contribution in [0, 0.1) is 0 Å². The lowest BCUT2D eigenvalue weighted by molar-refractivity contribution is 0.133. The van der Waals surface area contributed by atoms with E-state index in [0.717, 1.165) is 26.2 Å². The number of hydrogen-bond donors (Lipinski definition) is 1. The van der Waals surface area contributed by atoms with Gasteiger partial charge in [0, 0.05) is 25.7 Å². The van der Waals surface area contributed by atoms with Crippen LogP contribution >= 0.6 is 0 Å². The number of ether oxygens (including phenoxy) is 1. The molecule has 1 N–H and O–H groups in total. The largest absolute Gasteiger partial charge is 0.380 e. The molecule has 1 atom stereocenters. The van der Waals surface area contributed by atoms with Crippen molar-refractivity contribution in [1.82, 2.24) is 10.2 Å². The van der Waals surface area contributed by atoms with E-state index in [0.29, 0.717) is 6.04 Å². The van der Waals surface area contributed by atoms with Gasteiger partial charge in [-0.3, -0.25) is 0 Å². The van der Waals surface area contributed by atoms with Crippen molar-refractivity contribution in [2.24, 2.45) is 0 Å². The molecule has 1 rings (SSSR count). The van der Waals surface area contributed by atoms with Gasteiger partial charge in [0.15, 0.2) is 0 Å². The molecule has 0 bridgehead atoms. The zero-order valence-corrected chi connectivity index (χ0v) is 10.3. The van der Waals surface area contributed by atoms with E-state index in [-0.39, 0.29) is 0 Å². The van der Waals surface area contributed by atoms with Crippen LogP contribution in [0.2, 0.25) is 0 Å². The molecule has 15 heavy (non-hydrogen) atoms. The minimum absolute atomic E-state index is 0.591. The standard InChI is InChI=1S/C12H26N2O/c1-3-9-15-10-6-13-12(2)11-14-7-4-5-8-14/h12-13H,3-11H2,1-2H3. The minimum atomic E-state index is 0.591. The van der Waals surface area contributed by atoms with E-state index in [9.17, 15) is 0 Å². The van der Waals surface area contributed by atoms with E-state index in [1.54, 1.807) is 0 Å². The summed E-state index contributed by atoms with van der Waals surface area (Å²) in [7, 11) is 0. The summed E-state index contributed by atoms with van der Waals surface area (Å²) in [6.07, 6.45) is 3.88. The molecule has 3 nitrogen and oxygen atoms in total. The van der Waals surface area contributed by atoms with Gasteiger partial charge in [-0.1, -0.05) is 6.92 Å². The molecule has 1 unspecified atom stereocenters. The first-order valence-corrected chi connectivity index (χ1v) is 6.36. The van der Waals surface area contributed by atoms with E-state index in [4.69, 9.17) is 4.74 Å². The molecular weight excluding hydrogens is 188 g/mol. The summed E-state index contributed by atoms with van der Waals surface area (Å²) in [6.45, 7) is 10.9. The van der Waals surface area contributed by atoms with Crippen LogP contribution in [0.3, 0.4) is 0 Å². The molecule has 1 saturated heterocycles. The maximum atomic E-state index is 5.43. The first-order chi connectivity index (χ1) is 7.33. The highest BCUT2D eigenvalue weighted by Gasteiger charge is 2.13. The molecule has 0 saturated carbocycles. The molecule has 90 valence electrons. The molecule has 1 heterocycles. The Labute approximate surface area is 94.2 Å². The molecule has 0 aliphatic carbocycles. The highest BCUT2D eigenvalue weighted by molar-refractivity contribution is 4.72. The molecule has 0 radical (unpaired) electrons. The highest BCUT2D eigenvalue weighted by Crippen LogP contribution is 2.07. The Morgan fingerprint density at radius 1 is 1.27 bits per heavy atom. The molecule has 1 fully saturated rings. The van der Waals surface area contributed by atoms with E-state index >= 15 is 0 Å². The fourth-order valence-corrected chi connectivity index (χ4v) is 2.04. The lowest BCUT2D eigenvalue weighted by Crippen LogP contribution is -2.39. The van der Waals surface area contributed by atoms with Crippen molar-refractivity contribution in [2.45, 2.75) is 39.2 Å². The Hall–Kier alpha value is -0.120. The van der Waals surface area contributed by atoms with Crippen molar-refractivity contribution in [2.75, 3.05) is 39.4 Å². The van der Waals surface area contributed by atoms with Crippen LogP contribution in [-0.4, -0.2) is 50.3 Å². The fourth-order valence-electron chi connectivity index (χ4n) is 2.04. The third-order valence-electron chi connectivity index (χ3n) is 2.82. The third-order valence-corrected chi connectivity index (χ3v) is 2.82. The second kappa shape index (κ2) is 8.08. The number of nitrogens with one attached hydrogen (secondary N) is 1.